The number of alkyl halides is 3. The van der Waals surface area contributed by atoms with Crippen molar-refractivity contribution in [2.24, 2.45) is 0 Å². The quantitative estimate of drug-likeness (QED) is 0.219. The number of halogens is 4. The standard InChI is InChI=1S/C26H23BrF3N7O3/c27-18-12-33-23(31)20-21(36-37(22(18)20)17-3-1-2-16(11-17)34-25(39)40)13-4-6-14(7-5-13)24(38)35-19-10-15(8-9-32-19)26(28,29)30/h4-10,12,16-17,34H,1-3,11H2,(H2,31,33)(H,39,40)(H,32,35,38)/t16-,17-/m1/s1. The summed E-state index contributed by atoms with van der Waals surface area (Å²) < 4.78 is 41.5. The van der Waals surface area contributed by atoms with Crippen LogP contribution in [-0.2, 0) is 6.18 Å². The molecule has 0 radical (unpaired) electrons. The van der Waals surface area contributed by atoms with Gasteiger partial charge in [0.1, 0.15) is 17.3 Å². The van der Waals surface area contributed by atoms with Crippen LogP contribution in [0.1, 0.15) is 47.6 Å². The molecule has 0 aliphatic heterocycles. The zero-order chi connectivity index (χ0) is 28.6. The maximum absolute atomic E-state index is 13.0. The molecular formula is C26H23BrF3N7O3. The van der Waals surface area contributed by atoms with Crippen LogP contribution in [0.15, 0.2) is 53.3 Å². The van der Waals surface area contributed by atoms with Crippen LogP contribution in [0.25, 0.3) is 22.2 Å². The molecule has 0 unspecified atom stereocenters. The molecule has 0 saturated heterocycles. The summed E-state index contributed by atoms with van der Waals surface area (Å²) in [7, 11) is 0. The minimum absolute atomic E-state index is 0.0926. The van der Waals surface area contributed by atoms with Crippen LogP contribution in [0.5, 0.6) is 0 Å². The molecule has 3 heterocycles. The van der Waals surface area contributed by atoms with Crippen molar-refractivity contribution in [2.45, 2.75) is 43.9 Å². The molecule has 40 heavy (non-hydrogen) atoms. The number of rotatable bonds is 5. The van der Waals surface area contributed by atoms with E-state index in [1.54, 1.807) is 18.3 Å². The summed E-state index contributed by atoms with van der Waals surface area (Å²) in [6.07, 6.45) is -0.164. The highest BCUT2D eigenvalue weighted by Crippen LogP contribution is 2.39. The predicted octanol–water partition coefficient (Wildman–Crippen LogP) is 5.86. The number of nitrogen functional groups attached to an aromatic ring is 1. The number of fused-ring (bicyclic) bond motifs is 1. The van der Waals surface area contributed by atoms with E-state index in [2.05, 4.69) is 36.5 Å². The van der Waals surface area contributed by atoms with E-state index in [-0.39, 0.29) is 29.3 Å². The van der Waals surface area contributed by atoms with Gasteiger partial charge in [0.25, 0.3) is 5.91 Å². The first-order valence-corrected chi connectivity index (χ1v) is 13.1. The molecule has 1 aliphatic rings. The molecule has 3 aromatic heterocycles. The van der Waals surface area contributed by atoms with Gasteiger partial charge in [-0.15, -0.1) is 0 Å². The van der Waals surface area contributed by atoms with Gasteiger partial charge in [-0.2, -0.15) is 18.3 Å². The number of nitrogens with zero attached hydrogens (tertiary/aromatic N) is 4. The van der Waals surface area contributed by atoms with E-state index in [1.807, 2.05) is 4.68 Å². The van der Waals surface area contributed by atoms with E-state index in [9.17, 15) is 27.9 Å². The molecule has 1 saturated carbocycles. The van der Waals surface area contributed by atoms with Crippen molar-refractivity contribution in [3.05, 3.63) is 64.4 Å². The third-order valence-corrected chi connectivity index (χ3v) is 7.36. The zero-order valence-electron chi connectivity index (χ0n) is 20.7. The van der Waals surface area contributed by atoms with Gasteiger partial charge >= 0.3 is 12.3 Å². The second-order valence-electron chi connectivity index (χ2n) is 9.43. The molecule has 14 heteroatoms. The van der Waals surface area contributed by atoms with Gasteiger partial charge in [0, 0.05) is 29.6 Å². The summed E-state index contributed by atoms with van der Waals surface area (Å²) in [6.45, 7) is 0. The van der Waals surface area contributed by atoms with Gasteiger partial charge in [-0.05, 0) is 65.9 Å². The topological polar surface area (TPSA) is 148 Å². The van der Waals surface area contributed by atoms with Crippen LogP contribution >= 0.6 is 15.9 Å². The zero-order valence-corrected chi connectivity index (χ0v) is 22.3. The number of benzene rings is 1. The Hall–Kier alpha value is -4.20. The molecule has 4 aromatic rings. The van der Waals surface area contributed by atoms with Crippen LogP contribution in [-0.4, -0.2) is 42.9 Å². The minimum Gasteiger partial charge on any atom is -0.465 e. The molecule has 1 aliphatic carbocycles. The Bertz CT molecular complexity index is 1590. The molecule has 0 spiro atoms. The van der Waals surface area contributed by atoms with Crippen molar-refractivity contribution >= 4 is 50.5 Å². The molecular weight excluding hydrogens is 595 g/mol. The smallest absolute Gasteiger partial charge is 0.416 e. The van der Waals surface area contributed by atoms with Crippen LogP contribution in [0.4, 0.5) is 29.6 Å². The summed E-state index contributed by atoms with van der Waals surface area (Å²) in [5.41, 5.74) is 7.45. The monoisotopic (exact) mass is 617 g/mol. The first-order chi connectivity index (χ1) is 19.0. The van der Waals surface area contributed by atoms with E-state index in [0.29, 0.717) is 27.5 Å². The van der Waals surface area contributed by atoms with Crippen molar-refractivity contribution in [1.82, 2.24) is 25.1 Å². The summed E-state index contributed by atoms with van der Waals surface area (Å²) in [6, 6.07) is 7.67. The second kappa shape index (κ2) is 10.8. The Kier molecular flexibility index (Phi) is 7.36. The highest BCUT2D eigenvalue weighted by molar-refractivity contribution is 9.10. The van der Waals surface area contributed by atoms with Crippen molar-refractivity contribution in [3.63, 3.8) is 0 Å². The SMILES string of the molecule is Nc1ncc(Br)c2c1c(-c1ccc(C(=O)Nc3cc(C(F)(F)F)ccn3)cc1)nn2[C@@H]1CCC[C@@H](NC(=O)O)C1. The predicted molar refractivity (Wildman–Crippen MR) is 145 cm³/mol. The second-order valence-corrected chi connectivity index (χ2v) is 10.3. The third kappa shape index (κ3) is 5.57. The van der Waals surface area contributed by atoms with E-state index in [0.717, 1.165) is 43.1 Å². The van der Waals surface area contributed by atoms with Gasteiger partial charge in [0.05, 0.1) is 27.0 Å². The lowest BCUT2D eigenvalue weighted by molar-refractivity contribution is -0.137. The Morgan fingerprint density at radius 2 is 1.88 bits per heavy atom. The average molecular weight is 618 g/mol. The first-order valence-electron chi connectivity index (χ1n) is 12.3. The minimum atomic E-state index is -4.56. The highest BCUT2D eigenvalue weighted by atomic mass is 79.9. The molecule has 0 bridgehead atoms. The molecule has 1 aromatic carbocycles. The van der Waals surface area contributed by atoms with Gasteiger partial charge < -0.3 is 21.5 Å². The van der Waals surface area contributed by atoms with Gasteiger partial charge in [-0.25, -0.2) is 14.8 Å². The largest absolute Gasteiger partial charge is 0.465 e. The number of nitrogens with two attached hydrogens (primary N) is 1. The number of carbonyl (C=O) groups excluding carboxylic acids is 1. The van der Waals surface area contributed by atoms with Crippen LogP contribution < -0.4 is 16.4 Å². The lowest BCUT2D eigenvalue weighted by atomic mass is 9.91. The Morgan fingerprint density at radius 3 is 2.58 bits per heavy atom. The molecule has 5 N–H and O–H groups in total. The van der Waals surface area contributed by atoms with E-state index >= 15 is 0 Å². The normalized spacial score (nSPS) is 17.5. The maximum atomic E-state index is 13.0. The molecule has 1 fully saturated rings. The fraction of sp³-hybridized carbons (Fsp3) is 0.269. The molecule has 5 rings (SSSR count). The lowest BCUT2D eigenvalue weighted by Gasteiger charge is -2.29. The van der Waals surface area contributed by atoms with Gasteiger partial charge in [0.15, 0.2) is 0 Å². The van der Waals surface area contributed by atoms with Gasteiger partial charge in [-0.3, -0.25) is 9.48 Å². The van der Waals surface area contributed by atoms with E-state index in [1.165, 1.54) is 12.1 Å². The summed E-state index contributed by atoms with van der Waals surface area (Å²) in [4.78, 5) is 32.0. The Labute approximate surface area is 233 Å². The van der Waals surface area contributed by atoms with Crippen LogP contribution in [0, 0.1) is 0 Å². The Balaban J connectivity index is 1.45. The maximum Gasteiger partial charge on any atom is 0.416 e. The van der Waals surface area contributed by atoms with Crippen molar-refractivity contribution in [1.29, 1.82) is 0 Å². The van der Waals surface area contributed by atoms with Gasteiger partial charge in [0.2, 0.25) is 0 Å². The van der Waals surface area contributed by atoms with Crippen molar-refractivity contribution < 1.29 is 27.9 Å². The number of anilines is 2. The average Bonchev–Trinajstić information content (AvgIpc) is 3.32. The molecule has 10 nitrogen and oxygen atoms in total. The molecule has 2 amide bonds. The fourth-order valence-electron chi connectivity index (χ4n) is 4.96. The summed E-state index contributed by atoms with van der Waals surface area (Å²) >= 11 is 3.55. The number of aromatic nitrogens is 4. The summed E-state index contributed by atoms with van der Waals surface area (Å²) in [5.74, 6) is -0.592. The number of carboxylic acid groups (broad SMARTS) is 1. The number of carbonyl (C=O) groups is 2. The molecule has 2 atom stereocenters. The number of nitrogens with one attached hydrogen (secondary N) is 2. The van der Waals surface area contributed by atoms with Crippen molar-refractivity contribution in [3.8, 4) is 11.3 Å². The molecule has 208 valence electrons. The first kappa shape index (κ1) is 27.4. The van der Waals surface area contributed by atoms with E-state index < -0.39 is 23.7 Å². The van der Waals surface area contributed by atoms with Crippen molar-refractivity contribution in [2.75, 3.05) is 11.1 Å². The fourth-order valence-corrected chi connectivity index (χ4v) is 5.44. The van der Waals surface area contributed by atoms with Crippen LogP contribution in [0.2, 0.25) is 0 Å². The number of amides is 2. The third-order valence-electron chi connectivity index (χ3n) is 6.78. The van der Waals surface area contributed by atoms with Gasteiger partial charge in [-0.1, -0.05) is 12.1 Å². The number of hydrogen-bond donors (Lipinski definition) is 4. The lowest BCUT2D eigenvalue weighted by Crippen LogP contribution is -2.38. The summed E-state index contributed by atoms with van der Waals surface area (Å²) in [5, 5.41) is 19.6. The Morgan fingerprint density at radius 1 is 1.12 bits per heavy atom. The van der Waals surface area contributed by atoms with Crippen LogP contribution in [0.3, 0.4) is 0 Å². The number of pyridine rings is 2. The van der Waals surface area contributed by atoms with E-state index in [4.69, 9.17) is 10.8 Å². The number of hydrogen-bond acceptors (Lipinski definition) is 6. The highest BCUT2D eigenvalue weighted by Gasteiger charge is 2.31.